The second-order valence-electron chi connectivity index (χ2n) is 6.19. The van der Waals surface area contributed by atoms with Gasteiger partial charge in [-0.25, -0.2) is 4.79 Å². The maximum Gasteiger partial charge on any atom is 0.325 e. The molecular formula is C14H24N4O3. The third-order valence-corrected chi connectivity index (χ3v) is 4.05. The Kier molecular flexibility index (Phi) is 4.82. The molecule has 0 aliphatic carbocycles. The highest BCUT2D eigenvalue weighted by molar-refractivity contribution is 6.09. The van der Waals surface area contributed by atoms with Crippen LogP contribution in [0.4, 0.5) is 4.79 Å². The number of carbonyl (C=O) groups is 3. The molecule has 1 spiro atoms. The number of piperidine rings is 1. The first-order chi connectivity index (χ1) is 9.94. The van der Waals surface area contributed by atoms with Gasteiger partial charge >= 0.3 is 6.03 Å². The SMILES string of the molecule is CC(C)CCNC(=O)CN1C(=O)NC2(CCNCC2)C1=O. The molecule has 21 heavy (non-hydrogen) atoms. The first-order valence-electron chi connectivity index (χ1n) is 7.56. The van der Waals surface area contributed by atoms with Crippen LogP contribution in [0.2, 0.25) is 0 Å². The van der Waals surface area contributed by atoms with Crippen molar-refractivity contribution in [3.63, 3.8) is 0 Å². The minimum absolute atomic E-state index is 0.196. The summed E-state index contributed by atoms with van der Waals surface area (Å²) < 4.78 is 0. The average Bonchev–Trinajstić information content (AvgIpc) is 2.64. The Bertz CT molecular complexity index is 430. The topological polar surface area (TPSA) is 90.5 Å². The Hall–Kier alpha value is -1.63. The van der Waals surface area contributed by atoms with Crippen molar-refractivity contribution in [1.82, 2.24) is 20.9 Å². The van der Waals surface area contributed by atoms with Crippen molar-refractivity contribution in [3.05, 3.63) is 0 Å². The third-order valence-electron chi connectivity index (χ3n) is 4.05. The molecule has 0 radical (unpaired) electrons. The molecule has 0 saturated carbocycles. The van der Waals surface area contributed by atoms with Gasteiger partial charge in [0.1, 0.15) is 12.1 Å². The number of nitrogens with zero attached hydrogens (tertiary/aromatic N) is 1. The van der Waals surface area contributed by atoms with Gasteiger partial charge in [0.05, 0.1) is 0 Å². The van der Waals surface area contributed by atoms with Gasteiger partial charge in [-0.15, -0.1) is 0 Å². The predicted octanol–water partition coefficient (Wildman–Crippen LogP) is -0.177. The molecule has 3 N–H and O–H groups in total. The quantitative estimate of drug-likeness (QED) is 0.614. The molecule has 2 aliphatic rings. The van der Waals surface area contributed by atoms with Gasteiger partial charge in [-0.2, -0.15) is 0 Å². The van der Waals surface area contributed by atoms with Crippen LogP contribution < -0.4 is 16.0 Å². The van der Waals surface area contributed by atoms with Gasteiger partial charge in [0.2, 0.25) is 5.91 Å². The normalized spacial score (nSPS) is 21.0. The van der Waals surface area contributed by atoms with E-state index < -0.39 is 11.6 Å². The summed E-state index contributed by atoms with van der Waals surface area (Å²) in [4.78, 5) is 37.3. The fourth-order valence-corrected chi connectivity index (χ4v) is 2.71. The summed E-state index contributed by atoms with van der Waals surface area (Å²) in [6.07, 6.45) is 2.02. The molecule has 118 valence electrons. The van der Waals surface area contributed by atoms with E-state index in [1.54, 1.807) is 0 Å². The molecule has 0 atom stereocenters. The number of hydrogen-bond donors (Lipinski definition) is 3. The highest BCUT2D eigenvalue weighted by Crippen LogP contribution is 2.26. The maximum absolute atomic E-state index is 12.4. The van der Waals surface area contributed by atoms with Crippen LogP contribution in [0.1, 0.15) is 33.1 Å². The molecule has 2 fully saturated rings. The van der Waals surface area contributed by atoms with Crippen molar-refractivity contribution in [2.45, 2.75) is 38.6 Å². The Morgan fingerprint density at radius 3 is 2.62 bits per heavy atom. The van der Waals surface area contributed by atoms with Crippen molar-refractivity contribution in [3.8, 4) is 0 Å². The van der Waals surface area contributed by atoms with E-state index in [0.29, 0.717) is 38.4 Å². The lowest BCUT2D eigenvalue weighted by Crippen LogP contribution is -2.54. The van der Waals surface area contributed by atoms with Crippen molar-refractivity contribution >= 4 is 17.8 Å². The zero-order chi connectivity index (χ0) is 15.5. The molecule has 7 nitrogen and oxygen atoms in total. The zero-order valence-electron chi connectivity index (χ0n) is 12.7. The molecule has 0 aromatic heterocycles. The standard InChI is InChI=1S/C14H24N4O3/c1-10(2)3-6-16-11(19)9-18-12(20)14(17-13(18)21)4-7-15-8-5-14/h10,15H,3-9H2,1-2H3,(H,16,19)(H,17,21). The number of urea groups is 1. The van der Waals surface area contributed by atoms with Crippen molar-refractivity contribution in [1.29, 1.82) is 0 Å². The smallest absolute Gasteiger partial charge is 0.325 e. The molecule has 0 aromatic carbocycles. The molecule has 2 saturated heterocycles. The van der Waals surface area contributed by atoms with Crippen LogP contribution in [0.5, 0.6) is 0 Å². The zero-order valence-corrected chi connectivity index (χ0v) is 12.7. The minimum atomic E-state index is -0.805. The molecule has 0 unspecified atom stereocenters. The van der Waals surface area contributed by atoms with Crippen LogP contribution in [0, 0.1) is 5.92 Å². The van der Waals surface area contributed by atoms with Crippen LogP contribution in [-0.4, -0.2) is 54.5 Å². The highest BCUT2D eigenvalue weighted by atomic mass is 16.2. The van der Waals surface area contributed by atoms with E-state index in [4.69, 9.17) is 0 Å². The summed E-state index contributed by atoms with van der Waals surface area (Å²) >= 11 is 0. The number of carbonyl (C=O) groups excluding carboxylic acids is 3. The largest absolute Gasteiger partial charge is 0.355 e. The van der Waals surface area contributed by atoms with Crippen molar-refractivity contribution < 1.29 is 14.4 Å². The van der Waals surface area contributed by atoms with E-state index in [1.165, 1.54) is 0 Å². The monoisotopic (exact) mass is 296 g/mol. The summed E-state index contributed by atoms with van der Waals surface area (Å²) in [6.45, 7) is 5.91. The average molecular weight is 296 g/mol. The summed E-state index contributed by atoms with van der Waals surface area (Å²) in [5.41, 5.74) is -0.805. The number of nitrogens with one attached hydrogen (secondary N) is 3. The minimum Gasteiger partial charge on any atom is -0.355 e. The lowest BCUT2D eigenvalue weighted by molar-refractivity contribution is -0.135. The molecule has 7 heteroatoms. The Balaban J connectivity index is 1.89. The number of hydrogen-bond acceptors (Lipinski definition) is 4. The molecule has 4 amide bonds. The van der Waals surface area contributed by atoms with E-state index in [2.05, 4.69) is 29.8 Å². The molecule has 2 aliphatic heterocycles. The van der Waals surface area contributed by atoms with E-state index in [0.717, 1.165) is 11.3 Å². The van der Waals surface area contributed by atoms with E-state index in [-0.39, 0.29) is 18.4 Å². The van der Waals surface area contributed by atoms with Gasteiger partial charge in [-0.1, -0.05) is 13.8 Å². The summed E-state index contributed by atoms with van der Waals surface area (Å²) in [6, 6.07) is -0.457. The number of rotatable bonds is 5. The maximum atomic E-state index is 12.4. The third kappa shape index (κ3) is 3.53. The number of imide groups is 1. The fraction of sp³-hybridized carbons (Fsp3) is 0.786. The van der Waals surface area contributed by atoms with Gasteiger partial charge in [-0.3, -0.25) is 14.5 Å². The Morgan fingerprint density at radius 1 is 1.33 bits per heavy atom. The van der Waals surface area contributed by atoms with E-state index in [1.807, 2.05) is 0 Å². The summed E-state index contributed by atoms with van der Waals surface area (Å²) in [5, 5.41) is 8.68. The van der Waals surface area contributed by atoms with Crippen LogP contribution >= 0.6 is 0 Å². The fourth-order valence-electron chi connectivity index (χ4n) is 2.71. The first kappa shape index (κ1) is 15.8. The van der Waals surface area contributed by atoms with Gasteiger partial charge in [-0.05, 0) is 38.3 Å². The van der Waals surface area contributed by atoms with Crippen LogP contribution in [0.25, 0.3) is 0 Å². The summed E-state index contributed by atoms with van der Waals surface area (Å²) in [7, 11) is 0. The van der Waals surface area contributed by atoms with E-state index in [9.17, 15) is 14.4 Å². The van der Waals surface area contributed by atoms with Crippen LogP contribution in [0.3, 0.4) is 0 Å². The second kappa shape index (κ2) is 6.43. The Morgan fingerprint density at radius 2 is 2.00 bits per heavy atom. The molecule has 0 bridgehead atoms. The lowest BCUT2D eigenvalue weighted by atomic mass is 9.88. The first-order valence-corrected chi connectivity index (χ1v) is 7.56. The van der Waals surface area contributed by atoms with Crippen molar-refractivity contribution in [2.75, 3.05) is 26.2 Å². The second-order valence-corrected chi connectivity index (χ2v) is 6.19. The molecular weight excluding hydrogens is 272 g/mol. The van der Waals surface area contributed by atoms with E-state index >= 15 is 0 Å². The van der Waals surface area contributed by atoms with Gasteiger partial charge in [0.15, 0.2) is 0 Å². The Labute approximate surface area is 124 Å². The van der Waals surface area contributed by atoms with Gasteiger partial charge < -0.3 is 16.0 Å². The summed E-state index contributed by atoms with van der Waals surface area (Å²) in [5.74, 6) is -0.0573. The molecule has 2 heterocycles. The van der Waals surface area contributed by atoms with Crippen molar-refractivity contribution in [2.24, 2.45) is 5.92 Å². The van der Waals surface area contributed by atoms with Crippen LogP contribution in [-0.2, 0) is 9.59 Å². The lowest BCUT2D eigenvalue weighted by Gasteiger charge is -2.31. The predicted molar refractivity (Wildman–Crippen MR) is 77.5 cm³/mol. The van der Waals surface area contributed by atoms with Crippen LogP contribution in [0.15, 0.2) is 0 Å². The highest BCUT2D eigenvalue weighted by Gasteiger charge is 2.51. The molecule has 2 rings (SSSR count). The number of amides is 4. The van der Waals surface area contributed by atoms with Gasteiger partial charge in [0, 0.05) is 6.54 Å². The van der Waals surface area contributed by atoms with Gasteiger partial charge in [0.25, 0.3) is 5.91 Å². The molecule has 0 aromatic rings.